The minimum Gasteiger partial charge on any atom is -0.486 e. The molecule has 0 atom stereocenters. The number of hydrogen-bond acceptors (Lipinski definition) is 6. The Morgan fingerprint density at radius 2 is 1.81 bits per heavy atom. The lowest BCUT2D eigenvalue weighted by atomic mass is 9.83. The number of Topliss-reactive ketones (excluding diaryl/α,β-unsaturated/α-hetero) is 1. The van der Waals surface area contributed by atoms with Crippen LogP contribution in [0.5, 0.6) is 5.75 Å². The van der Waals surface area contributed by atoms with Crippen molar-refractivity contribution in [2.24, 2.45) is 0 Å². The molecule has 0 bridgehead atoms. The van der Waals surface area contributed by atoms with Crippen LogP contribution in [-0.2, 0) is 10.0 Å². The van der Waals surface area contributed by atoms with Crippen molar-refractivity contribution in [1.29, 1.82) is 0 Å². The van der Waals surface area contributed by atoms with Crippen molar-refractivity contribution in [3.63, 3.8) is 0 Å². The number of piperidine rings is 1. The van der Waals surface area contributed by atoms with Crippen molar-refractivity contribution in [1.82, 2.24) is 4.31 Å². The van der Waals surface area contributed by atoms with Gasteiger partial charge in [0.25, 0.3) is 5.69 Å². The van der Waals surface area contributed by atoms with Crippen LogP contribution in [0.15, 0.2) is 35.2 Å². The first-order valence-electron chi connectivity index (χ1n) is 9.49. The molecule has 0 aromatic heterocycles. The van der Waals surface area contributed by atoms with Crippen LogP contribution < -0.4 is 4.74 Å². The molecule has 0 unspecified atom stereocenters. The molecule has 1 saturated heterocycles. The van der Waals surface area contributed by atoms with Gasteiger partial charge in [0.05, 0.1) is 21.8 Å². The number of carbonyl (C=O) groups is 1. The molecule has 2 heterocycles. The van der Waals surface area contributed by atoms with Gasteiger partial charge in [-0.2, -0.15) is 4.31 Å². The van der Waals surface area contributed by atoms with E-state index in [2.05, 4.69) is 0 Å². The second-order valence-corrected chi connectivity index (χ2v) is 10.5. The number of ether oxygens (including phenoxy) is 1. The van der Waals surface area contributed by atoms with Gasteiger partial charge in [-0.15, -0.1) is 0 Å². The number of nitro benzene ring substituents is 1. The van der Waals surface area contributed by atoms with Crippen LogP contribution in [-0.4, -0.2) is 42.1 Å². The SMILES string of the molecule is Cc1cc2c(cc1Cl)C(=O)CC1(CCN(S(=O)(=O)c3ccc(Cl)c([N+](=O)[O-])c3)CC1)O2. The summed E-state index contributed by atoms with van der Waals surface area (Å²) in [6.07, 6.45) is 0.767. The molecule has 2 aromatic rings. The lowest BCUT2D eigenvalue weighted by Crippen LogP contribution is -2.52. The van der Waals surface area contributed by atoms with Gasteiger partial charge in [-0.25, -0.2) is 8.42 Å². The van der Waals surface area contributed by atoms with Gasteiger partial charge in [-0.1, -0.05) is 23.2 Å². The number of aryl methyl sites for hydroxylation is 1. The predicted molar refractivity (Wildman–Crippen MR) is 115 cm³/mol. The molecule has 2 aliphatic rings. The molecule has 1 fully saturated rings. The van der Waals surface area contributed by atoms with E-state index in [1.165, 1.54) is 16.4 Å². The fraction of sp³-hybridized carbons (Fsp3) is 0.350. The smallest absolute Gasteiger partial charge is 0.289 e. The van der Waals surface area contributed by atoms with E-state index in [9.17, 15) is 23.3 Å². The summed E-state index contributed by atoms with van der Waals surface area (Å²) in [6.45, 7) is 2.06. The first-order chi connectivity index (χ1) is 14.5. The highest BCUT2D eigenvalue weighted by atomic mass is 35.5. The largest absolute Gasteiger partial charge is 0.486 e. The maximum atomic E-state index is 13.0. The zero-order valence-electron chi connectivity index (χ0n) is 16.4. The van der Waals surface area contributed by atoms with E-state index in [4.69, 9.17) is 27.9 Å². The summed E-state index contributed by atoms with van der Waals surface area (Å²) in [6, 6.07) is 6.75. The second kappa shape index (κ2) is 7.74. The number of benzene rings is 2. The number of ketones is 1. The second-order valence-electron chi connectivity index (χ2n) is 7.76. The third-order valence-electron chi connectivity index (χ3n) is 5.76. The number of carbonyl (C=O) groups excluding carboxylic acids is 1. The quantitative estimate of drug-likeness (QED) is 0.471. The van der Waals surface area contributed by atoms with Crippen molar-refractivity contribution in [2.75, 3.05) is 13.1 Å². The van der Waals surface area contributed by atoms with Gasteiger partial charge in [-0.3, -0.25) is 14.9 Å². The van der Waals surface area contributed by atoms with Gasteiger partial charge in [-0.05, 0) is 36.8 Å². The highest BCUT2D eigenvalue weighted by Gasteiger charge is 2.45. The molecule has 0 aliphatic carbocycles. The number of fused-ring (bicyclic) bond motifs is 1. The molecular weight excluding hydrogens is 467 g/mol. The molecule has 2 aromatic carbocycles. The third-order valence-corrected chi connectivity index (χ3v) is 8.38. The van der Waals surface area contributed by atoms with Gasteiger partial charge >= 0.3 is 0 Å². The van der Waals surface area contributed by atoms with Crippen molar-refractivity contribution < 1.29 is 22.9 Å². The molecule has 2 aliphatic heterocycles. The first-order valence-corrected chi connectivity index (χ1v) is 11.7. The number of nitrogens with zero attached hydrogens (tertiary/aromatic N) is 2. The number of hydrogen-bond donors (Lipinski definition) is 0. The van der Waals surface area contributed by atoms with E-state index in [1.54, 1.807) is 12.1 Å². The Labute approximate surface area is 188 Å². The number of sulfonamides is 1. The Bertz CT molecular complexity index is 1210. The van der Waals surface area contributed by atoms with Gasteiger partial charge in [0.1, 0.15) is 16.4 Å². The van der Waals surface area contributed by atoms with Crippen LogP contribution in [0.25, 0.3) is 0 Å². The van der Waals surface area contributed by atoms with Crippen LogP contribution in [0, 0.1) is 17.0 Å². The van der Waals surface area contributed by atoms with Gasteiger partial charge < -0.3 is 4.74 Å². The third kappa shape index (κ3) is 3.91. The molecule has 164 valence electrons. The Hall–Kier alpha value is -2.20. The summed E-state index contributed by atoms with van der Waals surface area (Å²) < 4.78 is 33.5. The summed E-state index contributed by atoms with van der Waals surface area (Å²) in [4.78, 5) is 22.9. The Balaban J connectivity index is 1.56. The minimum absolute atomic E-state index is 0.0900. The van der Waals surface area contributed by atoms with E-state index < -0.39 is 26.2 Å². The Morgan fingerprint density at radius 1 is 1.13 bits per heavy atom. The van der Waals surface area contributed by atoms with Crippen LogP contribution in [0.1, 0.15) is 35.2 Å². The molecule has 8 nitrogen and oxygen atoms in total. The van der Waals surface area contributed by atoms with Crippen molar-refractivity contribution in [2.45, 2.75) is 36.7 Å². The van der Waals surface area contributed by atoms with E-state index >= 15 is 0 Å². The van der Waals surface area contributed by atoms with Gasteiger partial charge in [0, 0.05) is 37.0 Å². The molecule has 0 radical (unpaired) electrons. The van der Waals surface area contributed by atoms with Crippen LogP contribution in [0.4, 0.5) is 5.69 Å². The lowest BCUT2D eigenvalue weighted by Gasteiger charge is -2.43. The monoisotopic (exact) mass is 484 g/mol. The molecule has 0 N–H and O–H groups in total. The van der Waals surface area contributed by atoms with Crippen molar-refractivity contribution in [3.8, 4) is 5.75 Å². The van der Waals surface area contributed by atoms with Crippen molar-refractivity contribution >= 4 is 44.7 Å². The van der Waals surface area contributed by atoms with E-state index in [-0.39, 0.29) is 35.2 Å². The molecule has 11 heteroatoms. The average Bonchev–Trinajstić information content (AvgIpc) is 2.70. The average molecular weight is 485 g/mol. The maximum Gasteiger partial charge on any atom is 0.289 e. The summed E-state index contributed by atoms with van der Waals surface area (Å²) in [5.74, 6) is 0.371. The van der Waals surface area contributed by atoms with Crippen LogP contribution in [0.3, 0.4) is 0 Å². The van der Waals surface area contributed by atoms with E-state index in [0.29, 0.717) is 29.2 Å². The molecule has 4 rings (SSSR count). The zero-order valence-corrected chi connectivity index (χ0v) is 18.8. The maximum absolute atomic E-state index is 13.0. The standard InChI is InChI=1S/C20H18Cl2N2O6S/c1-12-8-19-14(10-16(12)22)18(25)11-20(30-19)4-6-23(7-5-20)31(28,29)13-2-3-15(21)17(9-13)24(26)27/h2-3,8-10H,4-7,11H2,1H3. The highest BCUT2D eigenvalue weighted by molar-refractivity contribution is 7.89. The molecule has 0 amide bonds. The fourth-order valence-corrected chi connectivity index (χ4v) is 5.78. The van der Waals surface area contributed by atoms with Gasteiger partial charge in [0.15, 0.2) is 5.78 Å². The Morgan fingerprint density at radius 3 is 2.45 bits per heavy atom. The lowest BCUT2D eigenvalue weighted by molar-refractivity contribution is -0.384. The normalized spacial score (nSPS) is 18.5. The Kier molecular flexibility index (Phi) is 5.49. The molecular formula is C20H18Cl2N2O6S. The van der Waals surface area contributed by atoms with Crippen LogP contribution in [0.2, 0.25) is 10.0 Å². The first kappa shape index (κ1) is 22.0. The number of halogens is 2. The summed E-state index contributed by atoms with van der Waals surface area (Å²) in [5, 5.41) is 11.5. The molecule has 31 heavy (non-hydrogen) atoms. The summed E-state index contributed by atoms with van der Waals surface area (Å²) in [5.41, 5.74) is -0.0371. The summed E-state index contributed by atoms with van der Waals surface area (Å²) >= 11 is 11.9. The van der Waals surface area contributed by atoms with Crippen LogP contribution >= 0.6 is 23.2 Å². The zero-order chi connectivity index (χ0) is 22.6. The molecule has 1 spiro atoms. The number of nitro groups is 1. The highest BCUT2D eigenvalue weighted by Crippen LogP contribution is 2.42. The fourth-order valence-electron chi connectivity index (χ4n) is 3.97. The predicted octanol–water partition coefficient (Wildman–Crippen LogP) is 4.40. The van der Waals surface area contributed by atoms with Crippen molar-refractivity contribution in [3.05, 3.63) is 61.6 Å². The van der Waals surface area contributed by atoms with E-state index in [1.807, 2.05) is 6.92 Å². The number of rotatable bonds is 3. The topological polar surface area (TPSA) is 107 Å². The summed E-state index contributed by atoms with van der Waals surface area (Å²) in [7, 11) is -3.96. The molecule has 0 saturated carbocycles. The minimum atomic E-state index is -3.96. The van der Waals surface area contributed by atoms with E-state index in [0.717, 1.165) is 11.6 Å². The van der Waals surface area contributed by atoms with Gasteiger partial charge in [0.2, 0.25) is 10.0 Å².